The first-order valence-electron chi connectivity index (χ1n) is 7.19. The predicted molar refractivity (Wildman–Crippen MR) is 71.4 cm³/mol. The van der Waals surface area contributed by atoms with Gasteiger partial charge in [-0.15, -0.1) is 0 Å². The molecule has 0 aromatic carbocycles. The number of hydrogen-bond donors (Lipinski definition) is 1. The van der Waals surface area contributed by atoms with Gasteiger partial charge in [0.1, 0.15) is 0 Å². The number of carbonyl (C=O) groups excluding carboxylic acids is 1. The highest BCUT2D eigenvalue weighted by atomic mass is 16.5. The molecule has 18 heavy (non-hydrogen) atoms. The van der Waals surface area contributed by atoms with Crippen LogP contribution in [-0.4, -0.2) is 50.7 Å². The Bertz CT molecular complexity index is 275. The van der Waals surface area contributed by atoms with Gasteiger partial charge in [0, 0.05) is 27.3 Å². The Morgan fingerprint density at radius 3 is 2.61 bits per heavy atom. The number of ether oxygens (including phenoxy) is 1. The van der Waals surface area contributed by atoms with E-state index in [9.17, 15) is 4.79 Å². The van der Waals surface area contributed by atoms with Crippen LogP contribution in [0.25, 0.3) is 0 Å². The van der Waals surface area contributed by atoms with Crippen LogP contribution in [-0.2, 0) is 9.53 Å². The molecule has 104 valence electrons. The highest BCUT2D eigenvalue weighted by molar-refractivity contribution is 5.81. The largest absolute Gasteiger partial charge is 0.381 e. The normalized spacial score (nSPS) is 30.1. The van der Waals surface area contributed by atoms with E-state index in [4.69, 9.17) is 4.74 Å². The Kier molecular flexibility index (Phi) is 5.01. The fourth-order valence-electron chi connectivity index (χ4n) is 3.16. The SMILES string of the molecule is CN(C)C(=O)C1CC(CC2CCOCC2)CCN1. The van der Waals surface area contributed by atoms with E-state index in [0.717, 1.165) is 32.1 Å². The first kappa shape index (κ1) is 13.8. The third-order valence-electron chi connectivity index (χ3n) is 4.26. The van der Waals surface area contributed by atoms with Gasteiger partial charge in [0.25, 0.3) is 0 Å². The highest BCUT2D eigenvalue weighted by Gasteiger charge is 2.29. The number of piperidine rings is 1. The fourth-order valence-corrected chi connectivity index (χ4v) is 3.16. The lowest BCUT2D eigenvalue weighted by atomic mass is 9.82. The average Bonchev–Trinajstić information content (AvgIpc) is 2.39. The number of hydrogen-bond acceptors (Lipinski definition) is 3. The summed E-state index contributed by atoms with van der Waals surface area (Å²) < 4.78 is 5.41. The number of amides is 1. The molecule has 1 N–H and O–H groups in total. The van der Waals surface area contributed by atoms with Crippen LogP contribution >= 0.6 is 0 Å². The first-order chi connectivity index (χ1) is 8.66. The maximum absolute atomic E-state index is 12.0. The molecule has 0 aromatic heterocycles. The van der Waals surface area contributed by atoms with Crippen molar-refractivity contribution in [1.82, 2.24) is 10.2 Å². The Morgan fingerprint density at radius 2 is 1.94 bits per heavy atom. The molecule has 2 aliphatic heterocycles. The Balaban J connectivity index is 1.80. The molecular weight excluding hydrogens is 228 g/mol. The van der Waals surface area contributed by atoms with Gasteiger partial charge in [0.05, 0.1) is 6.04 Å². The van der Waals surface area contributed by atoms with E-state index in [1.54, 1.807) is 4.90 Å². The van der Waals surface area contributed by atoms with Crippen LogP contribution in [0.2, 0.25) is 0 Å². The van der Waals surface area contributed by atoms with E-state index in [1.807, 2.05) is 14.1 Å². The lowest BCUT2D eigenvalue weighted by Crippen LogP contribution is -2.48. The Morgan fingerprint density at radius 1 is 1.22 bits per heavy atom. The summed E-state index contributed by atoms with van der Waals surface area (Å²) in [6, 6.07) is 0.0404. The maximum Gasteiger partial charge on any atom is 0.239 e. The molecule has 0 bridgehead atoms. The van der Waals surface area contributed by atoms with Crippen molar-refractivity contribution in [3.05, 3.63) is 0 Å². The van der Waals surface area contributed by atoms with Crippen molar-refractivity contribution in [3.8, 4) is 0 Å². The summed E-state index contributed by atoms with van der Waals surface area (Å²) in [7, 11) is 3.68. The summed E-state index contributed by atoms with van der Waals surface area (Å²) in [5.41, 5.74) is 0. The van der Waals surface area contributed by atoms with Gasteiger partial charge in [-0.1, -0.05) is 0 Å². The van der Waals surface area contributed by atoms with Gasteiger partial charge in [-0.25, -0.2) is 0 Å². The van der Waals surface area contributed by atoms with Crippen molar-refractivity contribution in [3.63, 3.8) is 0 Å². The van der Waals surface area contributed by atoms with Gasteiger partial charge in [-0.05, 0) is 50.5 Å². The lowest BCUT2D eigenvalue weighted by molar-refractivity contribution is -0.132. The van der Waals surface area contributed by atoms with E-state index in [-0.39, 0.29) is 11.9 Å². The van der Waals surface area contributed by atoms with Crippen molar-refractivity contribution in [2.24, 2.45) is 11.8 Å². The fraction of sp³-hybridized carbons (Fsp3) is 0.929. The molecule has 4 heteroatoms. The molecule has 2 saturated heterocycles. The molecule has 2 fully saturated rings. The molecule has 2 aliphatic rings. The highest BCUT2D eigenvalue weighted by Crippen LogP contribution is 2.29. The van der Waals surface area contributed by atoms with Crippen molar-refractivity contribution in [1.29, 1.82) is 0 Å². The van der Waals surface area contributed by atoms with Gasteiger partial charge < -0.3 is 15.0 Å². The minimum atomic E-state index is 0.0404. The monoisotopic (exact) mass is 254 g/mol. The lowest BCUT2D eigenvalue weighted by Gasteiger charge is -2.34. The van der Waals surface area contributed by atoms with Crippen molar-refractivity contribution >= 4 is 5.91 Å². The molecule has 2 rings (SSSR count). The Labute approximate surface area is 110 Å². The van der Waals surface area contributed by atoms with Gasteiger partial charge in [0.15, 0.2) is 0 Å². The summed E-state index contributed by atoms with van der Waals surface area (Å²) in [6.45, 7) is 2.84. The number of likely N-dealkylation sites (N-methyl/N-ethyl adjacent to an activating group) is 1. The van der Waals surface area contributed by atoms with Crippen LogP contribution in [0, 0.1) is 11.8 Å². The second-order valence-corrected chi connectivity index (χ2v) is 5.92. The van der Waals surface area contributed by atoms with Crippen molar-refractivity contribution in [2.45, 2.75) is 38.1 Å². The second-order valence-electron chi connectivity index (χ2n) is 5.92. The topological polar surface area (TPSA) is 41.6 Å². The molecule has 1 amide bonds. The van der Waals surface area contributed by atoms with E-state index in [0.29, 0.717) is 5.92 Å². The number of rotatable bonds is 3. The summed E-state index contributed by atoms with van der Waals surface area (Å²) in [5.74, 6) is 1.76. The molecule has 2 unspecified atom stereocenters. The molecule has 0 aromatic rings. The molecular formula is C14H26N2O2. The van der Waals surface area contributed by atoms with Gasteiger partial charge in [0.2, 0.25) is 5.91 Å². The van der Waals surface area contributed by atoms with Crippen molar-refractivity contribution in [2.75, 3.05) is 33.9 Å². The minimum Gasteiger partial charge on any atom is -0.381 e. The Hall–Kier alpha value is -0.610. The summed E-state index contributed by atoms with van der Waals surface area (Å²) in [6.07, 6.45) is 5.91. The smallest absolute Gasteiger partial charge is 0.239 e. The zero-order chi connectivity index (χ0) is 13.0. The van der Waals surface area contributed by atoms with Crippen LogP contribution in [0.5, 0.6) is 0 Å². The first-order valence-corrected chi connectivity index (χ1v) is 7.19. The van der Waals surface area contributed by atoms with Crippen LogP contribution in [0.4, 0.5) is 0 Å². The molecule has 2 heterocycles. The molecule has 2 atom stereocenters. The van der Waals surface area contributed by atoms with E-state index in [1.165, 1.54) is 25.7 Å². The summed E-state index contributed by atoms with van der Waals surface area (Å²) >= 11 is 0. The van der Waals surface area contributed by atoms with Gasteiger partial charge in [-0.3, -0.25) is 4.79 Å². The molecule has 4 nitrogen and oxygen atoms in total. The second kappa shape index (κ2) is 6.53. The standard InChI is InChI=1S/C14H26N2O2/c1-16(2)14(17)13-10-12(3-6-15-13)9-11-4-7-18-8-5-11/h11-13,15H,3-10H2,1-2H3. The summed E-state index contributed by atoms with van der Waals surface area (Å²) in [5, 5.41) is 3.35. The van der Waals surface area contributed by atoms with Crippen LogP contribution in [0.3, 0.4) is 0 Å². The van der Waals surface area contributed by atoms with Crippen molar-refractivity contribution < 1.29 is 9.53 Å². The molecule has 0 spiro atoms. The third-order valence-corrected chi connectivity index (χ3v) is 4.26. The van der Waals surface area contributed by atoms with Crippen LogP contribution in [0.1, 0.15) is 32.1 Å². The number of nitrogens with one attached hydrogen (secondary N) is 1. The quantitative estimate of drug-likeness (QED) is 0.824. The summed E-state index contributed by atoms with van der Waals surface area (Å²) in [4.78, 5) is 13.7. The minimum absolute atomic E-state index is 0.0404. The molecule has 0 aliphatic carbocycles. The number of nitrogens with zero attached hydrogens (tertiary/aromatic N) is 1. The average molecular weight is 254 g/mol. The van der Waals surface area contributed by atoms with E-state index >= 15 is 0 Å². The van der Waals surface area contributed by atoms with Crippen LogP contribution in [0.15, 0.2) is 0 Å². The molecule has 0 saturated carbocycles. The molecule has 0 radical (unpaired) electrons. The zero-order valence-electron chi connectivity index (χ0n) is 11.7. The van der Waals surface area contributed by atoms with E-state index in [2.05, 4.69) is 5.32 Å². The predicted octanol–water partition coefficient (Wildman–Crippen LogP) is 1.26. The van der Waals surface area contributed by atoms with Crippen LogP contribution < -0.4 is 5.32 Å². The third kappa shape index (κ3) is 3.69. The maximum atomic E-state index is 12.0. The van der Waals surface area contributed by atoms with E-state index < -0.39 is 0 Å². The van der Waals surface area contributed by atoms with Gasteiger partial charge >= 0.3 is 0 Å². The number of carbonyl (C=O) groups is 1. The zero-order valence-corrected chi connectivity index (χ0v) is 11.7. The van der Waals surface area contributed by atoms with Gasteiger partial charge in [-0.2, -0.15) is 0 Å².